The Kier molecular flexibility index (Phi) is 2.67. The molecule has 3 rings (SSSR count). The molecule has 0 radical (unpaired) electrons. The number of halogens is 1. The van der Waals surface area contributed by atoms with Crippen LogP contribution in [0.4, 0.5) is 5.88 Å². The van der Waals surface area contributed by atoms with Crippen LogP contribution in [0.3, 0.4) is 0 Å². The summed E-state index contributed by atoms with van der Waals surface area (Å²) in [5.74, 6) is 0.404. The number of hydrogen-bond donors (Lipinski definition) is 0. The van der Waals surface area contributed by atoms with Crippen molar-refractivity contribution < 1.29 is 14.1 Å². The Hall–Kier alpha value is -2.08. The van der Waals surface area contributed by atoms with Crippen molar-refractivity contribution in [3.8, 4) is 5.75 Å². The van der Waals surface area contributed by atoms with Crippen LogP contribution in [-0.2, 0) is 0 Å². The van der Waals surface area contributed by atoms with E-state index in [2.05, 4.69) is 15.9 Å². The van der Waals surface area contributed by atoms with Gasteiger partial charge in [0.1, 0.15) is 16.3 Å². The standard InChI is InChI=1S/C13H8BrNO4/c1-18-10-5-3-7-2-4-9-8(12(7)13(10)14)6-11(19-9)15(16)17/h2-6H,1H3. The Labute approximate surface area is 116 Å². The second kappa shape index (κ2) is 4.24. The van der Waals surface area contributed by atoms with Crippen molar-refractivity contribution in [1.82, 2.24) is 0 Å². The molecule has 19 heavy (non-hydrogen) atoms. The van der Waals surface area contributed by atoms with Gasteiger partial charge in [0.2, 0.25) is 0 Å². The Balaban J connectivity index is 2.46. The highest BCUT2D eigenvalue weighted by molar-refractivity contribution is 9.10. The number of fused-ring (bicyclic) bond motifs is 3. The second-order valence-electron chi connectivity index (χ2n) is 4.00. The van der Waals surface area contributed by atoms with Gasteiger partial charge in [-0.3, -0.25) is 10.1 Å². The van der Waals surface area contributed by atoms with Gasteiger partial charge in [-0.15, -0.1) is 0 Å². The molecule has 5 nitrogen and oxygen atoms in total. The summed E-state index contributed by atoms with van der Waals surface area (Å²) in [6.07, 6.45) is 0. The first-order valence-electron chi connectivity index (χ1n) is 5.45. The molecule has 0 aliphatic carbocycles. The highest BCUT2D eigenvalue weighted by Crippen LogP contribution is 2.39. The number of nitro groups is 1. The molecule has 6 heteroatoms. The van der Waals surface area contributed by atoms with Gasteiger partial charge in [-0.2, -0.15) is 0 Å². The van der Waals surface area contributed by atoms with Gasteiger partial charge in [-0.05, 0) is 33.4 Å². The van der Waals surface area contributed by atoms with E-state index in [1.807, 2.05) is 18.2 Å². The minimum atomic E-state index is -0.542. The van der Waals surface area contributed by atoms with Crippen LogP contribution in [-0.4, -0.2) is 12.0 Å². The van der Waals surface area contributed by atoms with Gasteiger partial charge in [-0.25, -0.2) is 0 Å². The molecule has 2 aromatic carbocycles. The van der Waals surface area contributed by atoms with Crippen molar-refractivity contribution in [3.63, 3.8) is 0 Å². The Morgan fingerprint density at radius 1 is 1.32 bits per heavy atom. The molecule has 3 aromatic rings. The summed E-state index contributed by atoms with van der Waals surface area (Å²) < 4.78 is 11.2. The highest BCUT2D eigenvalue weighted by Gasteiger charge is 2.17. The van der Waals surface area contributed by atoms with E-state index < -0.39 is 4.92 Å². The first-order chi connectivity index (χ1) is 9.11. The van der Waals surface area contributed by atoms with E-state index >= 15 is 0 Å². The van der Waals surface area contributed by atoms with Gasteiger partial charge in [0.05, 0.1) is 17.6 Å². The van der Waals surface area contributed by atoms with Gasteiger partial charge < -0.3 is 9.15 Å². The summed E-state index contributed by atoms with van der Waals surface area (Å²) in [6.45, 7) is 0. The van der Waals surface area contributed by atoms with Crippen LogP contribution in [0.15, 0.2) is 39.2 Å². The van der Waals surface area contributed by atoms with Gasteiger partial charge in [-0.1, -0.05) is 12.1 Å². The topological polar surface area (TPSA) is 65.5 Å². The molecule has 0 atom stereocenters. The van der Waals surface area contributed by atoms with Gasteiger partial charge in [0.25, 0.3) is 0 Å². The van der Waals surface area contributed by atoms with Crippen molar-refractivity contribution in [1.29, 1.82) is 0 Å². The zero-order valence-corrected chi connectivity index (χ0v) is 11.4. The third-order valence-corrected chi connectivity index (χ3v) is 3.76. The van der Waals surface area contributed by atoms with Crippen LogP contribution in [0, 0.1) is 10.1 Å². The number of methoxy groups -OCH3 is 1. The molecule has 0 saturated carbocycles. The summed E-state index contributed by atoms with van der Waals surface area (Å²) in [4.78, 5) is 10.2. The zero-order chi connectivity index (χ0) is 13.6. The predicted molar refractivity (Wildman–Crippen MR) is 74.6 cm³/mol. The Morgan fingerprint density at radius 3 is 2.74 bits per heavy atom. The van der Waals surface area contributed by atoms with E-state index in [9.17, 15) is 10.1 Å². The zero-order valence-electron chi connectivity index (χ0n) is 9.84. The van der Waals surface area contributed by atoms with E-state index in [1.165, 1.54) is 6.07 Å². The monoisotopic (exact) mass is 321 g/mol. The van der Waals surface area contributed by atoms with E-state index in [0.29, 0.717) is 16.7 Å². The minimum Gasteiger partial charge on any atom is -0.496 e. The maximum atomic E-state index is 10.8. The molecule has 96 valence electrons. The lowest BCUT2D eigenvalue weighted by molar-refractivity contribution is -0.401. The number of ether oxygens (including phenoxy) is 1. The van der Waals surface area contributed by atoms with Crippen molar-refractivity contribution in [3.05, 3.63) is 44.9 Å². The SMILES string of the molecule is COc1ccc2ccc3oc([N+](=O)[O-])cc3c2c1Br. The summed E-state index contributed by atoms with van der Waals surface area (Å²) in [5, 5.41) is 13.3. The quantitative estimate of drug-likeness (QED) is 0.522. The third-order valence-electron chi connectivity index (χ3n) is 2.97. The number of benzene rings is 2. The van der Waals surface area contributed by atoms with E-state index in [0.717, 1.165) is 15.2 Å². The molecule has 1 aromatic heterocycles. The average Bonchev–Trinajstić information content (AvgIpc) is 2.83. The van der Waals surface area contributed by atoms with Crippen molar-refractivity contribution in [2.75, 3.05) is 7.11 Å². The summed E-state index contributed by atoms with van der Waals surface area (Å²) in [5.41, 5.74) is 0.480. The molecular formula is C13H8BrNO4. The summed E-state index contributed by atoms with van der Waals surface area (Å²) >= 11 is 3.47. The first kappa shape index (κ1) is 12.0. The minimum absolute atomic E-state index is 0.266. The number of furan rings is 1. The van der Waals surface area contributed by atoms with Crippen molar-refractivity contribution in [2.45, 2.75) is 0 Å². The van der Waals surface area contributed by atoms with Crippen LogP contribution >= 0.6 is 15.9 Å². The van der Waals surface area contributed by atoms with E-state index in [-0.39, 0.29) is 5.88 Å². The Bertz CT molecular complexity index is 809. The molecule has 0 N–H and O–H groups in total. The lowest BCUT2D eigenvalue weighted by atomic mass is 10.1. The fourth-order valence-electron chi connectivity index (χ4n) is 2.11. The van der Waals surface area contributed by atoms with Gasteiger partial charge in [0, 0.05) is 10.8 Å². The molecule has 0 saturated heterocycles. The molecule has 0 unspecified atom stereocenters. The fraction of sp³-hybridized carbons (Fsp3) is 0.0769. The van der Waals surface area contributed by atoms with Crippen LogP contribution in [0.2, 0.25) is 0 Å². The normalized spacial score (nSPS) is 11.1. The molecule has 0 aliphatic heterocycles. The smallest absolute Gasteiger partial charge is 0.434 e. The predicted octanol–water partition coefficient (Wildman–Crippen LogP) is 4.27. The number of rotatable bonds is 2. The molecule has 0 amide bonds. The molecule has 0 bridgehead atoms. The Morgan fingerprint density at radius 2 is 2.05 bits per heavy atom. The van der Waals surface area contributed by atoms with Crippen LogP contribution in [0.25, 0.3) is 21.7 Å². The van der Waals surface area contributed by atoms with Gasteiger partial charge >= 0.3 is 5.88 Å². The summed E-state index contributed by atoms with van der Waals surface area (Å²) in [6, 6.07) is 8.75. The average molecular weight is 322 g/mol. The lowest BCUT2D eigenvalue weighted by Gasteiger charge is -2.07. The molecule has 0 fully saturated rings. The molecule has 1 heterocycles. The van der Waals surface area contributed by atoms with E-state index in [4.69, 9.17) is 9.15 Å². The molecular weight excluding hydrogens is 314 g/mol. The first-order valence-corrected chi connectivity index (χ1v) is 6.24. The molecule has 0 spiro atoms. The largest absolute Gasteiger partial charge is 0.496 e. The lowest BCUT2D eigenvalue weighted by Crippen LogP contribution is -1.85. The maximum Gasteiger partial charge on any atom is 0.434 e. The maximum absolute atomic E-state index is 10.8. The van der Waals surface area contributed by atoms with Crippen molar-refractivity contribution >= 4 is 43.6 Å². The van der Waals surface area contributed by atoms with Crippen molar-refractivity contribution in [2.24, 2.45) is 0 Å². The number of nitrogens with zero attached hydrogens (tertiary/aromatic N) is 1. The van der Waals surface area contributed by atoms with Crippen LogP contribution in [0.5, 0.6) is 5.75 Å². The van der Waals surface area contributed by atoms with Crippen LogP contribution < -0.4 is 4.74 Å². The van der Waals surface area contributed by atoms with Crippen LogP contribution in [0.1, 0.15) is 0 Å². The highest BCUT2D eigenvalue weighted by atomic mass is 79.9. The molecule has 0 aliphatic rings. The van der Waals surface area contributed by atoms with Gasteiger partial charge in [0.15, 0.2) is 0 Å². The third kappa shape index (κ3) is 1.76. The number of hydrogen-bond acceptors (Lipinski definition) is 4. The summed E-state index contributed by atoms with van der Waals surface area (Å²) in [7, 11) is 1.57. The van der Waals surface area contributed by atoms with E-state index in [1.54, 1.807) is 13.2 Å². The fourth-order valence-corrected chi connectivity index (χ4v) is 2.85. The second-order valence-corrected chi connectivity index (χ2v) is 4.79.